The van der Waals surface area contributed by atoms with Crippen molar-refractivity contribution in [2.75, 3.05) is 0 Å². The molecule has 0 saturated heterocycles. The zero-order valence-electron chi connectivity index (χ0n) is 14.0. The first kappa shape index (κ1) is 20.1. The number of nitrogens with one attached hydrogen (secondary N) is 1. The highest BCUT2D eigenvalue weighted by Gasteiger charge is 2.26. The normalized spacial score (nSPS) is 13.3. The Bertz CT molecular complexity index is 664. The van der Waals surface area contributed by atoms with E-state index in [-0.39, 0.29) is 18.6 Å². The summed E-state index contributed by atoms with van der Waals surface area (Å²) in [5.41, 5.74) is -0.135. The Morgan fingerprint density at radius 2 is 1.79 bits per heavy atom. The lowest BCUT2D eigenvalue weighted by Crippen LogP contribution is -2.41. The Morgan fingerprint density at radius 1 is 1.21 bits per heavy atom. The molecule has 1 atom stereocenters. The standard InChI is InChI=1S/C16H23NO6S/c1-16(2,3)23-14(18)10-9-13(15(19)20)17-24(21,22)11-12-7-5-4-6-8-12/h4-8,13,17H,9-11H2,1-3H3,(H,19,20)/t13-/m1/s1. The molecule has 1 aromatic carbocycles. The molecular formula is C16H23NO6S. The molecule has 0 bridgehead atoms. The number of hydrogen-bond acceptors (Lipinski definition) is 5. The minimum atomic E-state index is -3.84. The first-order valence-electron chi connectivity index (χ1n) is 7.47. The minimum absolute atomic E-state index is 0.182. The highest BCUT2D eigenvalue weighted by Crippen LogP contribution is 2.11. The lowest BCUT2D eigenvalue weighted by molar-refractivity contribution is -0.155. The van der Waals surface area contributed by atoms with Crippen molar-refractivity contribution in [1.82, 2.24) is 4.72 Å². The van der Waals surface area contributed by atoms with E-state index in [1.165, 1.54) is 0 Å². The Kier molecular flexibility index (Phi) is 6.92. The molecule has 0 aliphatic carbocycles. The fourth-order valence-corrected chi connectivity index (χ4v) is 3.31. The number of aliphatic carboxylic acids is 1. The van der Waals surface area contributed by atoms with Gasteiger partial charge in [-0.15, -0.1) is 0 Å². The van der Waals surface area contributed by atoms with Gasteiger partial charge < -0.3 is 9.84 Å². The summed E-state index contributed by atoms with van der Waals surface area (Å²) < 4.78 is 31.4. The minimum Gasteiger partial charge on any atom is -0.480 e. The molecule has 0 heterocycles. The number of sulfonamides is 1. The van der Waals surface area contributed by atoms with Gasteiger partial charge in [-0.3, -0.25) is 9.59 Å². The van der Waals surface area contributed by atoms with Gasteiger partial charge in [0.15, 0.2) is 0 Å². The molecule has 1 aromatic rings. The molecular weight excluding hydrogens is 334 g/mol. The summed E-state index contributed by atoms with van der Waals surface area (Å²) in [6.07, 6.45) is -0.375. The highest BCUT2D eigenvalue weighted by molar-refractivity contribution is 7.88. The van der Waals surface area contributed by atoms with Crippen molar-refractivity contribution < 1.29 is 27.9 Å². The van der Waals surface area contributed by atoms with Crippen LogP contribution in [0.4, 0.5) is 0 Å². The second-order valence-corrected chi connectivity index (χ2v) is 8.13. The Labute approximate surface area is 142 Å². The molecule has 2 N–H and O–H groups in total. The molecule has 0 aliphatic heterocycles. The van der Waals surface area contributed by atoms with Gasteiger partial charge in [-0.05, 0) is 32.8 Å². The molecule has 0 radical (unpaired) electrons. The van der Waals surface area contributed by atoms with Crippen LogP contribution in [0.25, 0.3) is 0 Å². The van der Waals surface area contributed by atoms with E-state index in [9.17, 15) is 18.0 Å². The summed E-state index contributed by atoms with van der Waals surface area (Å²) in [7, 11) is -3.84. The van der Waals surface area contributed by atoms with E-state index in [0.29, 0.717) is 5.56 Å². The fraction of sp³-hybridized carbons (Fsp3) is 0.500. The molecule has 8 heteroatoms. The van der Waals surface area contributed by atoms with E-state index < -0.39 is 33.6 Å². The molecule has 24 heavy (non-hydrogen) atoms. The van der Waals surface area contributed by atoms with Crippen LogP contribution in [-0.2, 0) is 30.1 Å². The van der Waals surface area contributed by atoms with Gasteiger partial charge in [0, 0.05) is 6.42 Å². The van der Waals surface area contributed by atoms with Crippen LogP contribution < -0.4 is 4.72 Å². The van der Waals surface area contributed by atoms with Crippen LogP contribution in [0.5, 0.6) is 0 Å². The van der Waals surface area contributed by atoms with Gasteiger partial charge in [0.1, 0.15) is 11.6 Å². The predicted octanol–water partition coefficient (Wildman–Crippen LogP) is 1.68. The molecule has 1 rings (SSSR count). The molecule has 134 valence electrons. The van der Waals surface area contributed by atoms with Crippen LogP contribution in [0.2, 0.25) is 0 Å². The summed E-state index contributed by atoms with van der Waals surface area (Å²) in [5.74, 6) is -2.24. The third-order valence-corrected chi connectivity index (χ3v) is 4.23. The molecule has 0 saturated carbocycles. The monoisotopic (exact) mass is 357 g/mol. The maximum atomic E-state index is 12.1. The van der Waals surface area contributed by atoms with Crippen molar-refractivity contribution in [3.63, 3.8) is 0 Å². The number of benzene rings is 1. The van der Waals surface area contributed by atoms with E-state index in [4.69, 9.17) is 9.84 Å². The number of hydrogen-bond donors (Lipinski definition) is 2. The number of ether oxygens (including phenoxy) is 1. The van der Waals surface area contributed by atoms with Crippen molar-refractivity contribution in [2.45, 2.75) is 51.0 Å². The Balaban J connectivity index is 2.65. The third kappa shape index (κ3) is 8.07. The van der Waals surface area contributed by atoms with Crippen molar-refractivity contribution in [3.05, 3.63) is 35.9 Å². The van der Waals surface area contributed by atoms with E-state index in [1.807, 2.05) is 0 Å². The molecule has 0 aliphatic rings. The average Bonchev–Trinajstić information content (AvgIpc) is 2.41. The van der Waals surface area contributed by atoms with Gasteiger partial charge in [-0.2, -0.15) is 0 Å². The number of carboxylic acids is 1. The maximum Gasteiger partial charge on any atom is 0.321 e. The van der Waals surface area contributed by atoms with Crippen LogP contribution in [0, 0.1) is 0 Å². The van der Waals surface area contributed by atoms with E-state index in [1.54, 1.807) is 51.1 Å². The van der Waals surface area contributed by atoms with Crippen molar-refractivity contribution >= 4 is 22.0 Å². The lowest BCUT2D eigenvalue weighted by Gasteiger charge is -2.20. The average molecular weight is 357 g/mol. The van der Waals surface area contributed by atoms with Crippen LogP contribution in [0.1, 0.15) is 39.2 Å². The van der Waals surface area contributed by atoms with Crippen LogP contribution in [-0.4, -0.2) is 37.1 Å². The number of carbonyl (C=O) groups is 2. The maximum absolute atomic E-state index is 12.1. The fourth-order valence-electron chi connectivity index (χ4n) is 1.94. The second-order valence-electron chi connectivity index (χ2n) is 6.38. The third-order valence-electron chi connectivity index (χ3n) is 2.88. The highest BCUT2D eigenvalue weighted by atomic mass is 32.2. The van der Waals surface area contributed by atoms with Crippen molar-refractivity contribution in [2.24, 2.45) is 0 Å². The van der Waals surface area contributed by atoms with E-state index >= 15 is 0 Å². The number of carbonyl (C=O) groups excluding carboxylic acids is 1. The first-order chi connectivity index (χ1) is 11.0. The van der Waals surface area contributed by atoms with Crippen LogP contribution in [0.15, 0.2) is 30.3 Å². The van der Waals surface area contributed by atoms with Gasteiger partial charge in [0.05, 0.1) is 5.75 Å². The van der Waals surface area contributed by atoms with Gasteiger partial charge in [-0.25, -0.2) is 13.1 Å². The smallest absolute Gasteiger partial charge is 0.321 e. The van der Waals surface area contributed by atoms with Gasteiger partial charge >= 0.3 is 11.9 Å². The Hall–Kier alpha value is -1.93. The number of rotatable bonds is 8. The Morgan fingerprint density at radius 3 is 2.29 bits per heavy atom. The summed E-state index contributed by atoms with van der Waals surface area (Å²) in [4.78, 5) is 22.9. The molecule has 7 nitrogen and oxygen atoms in total. The second kappa shape index (κ2) is 8.25. The summed E-state index contributed by atoms with van der Waals surface area (Å²) >= 11 is 0. The topological polar surface area (TPSA) is 110 Å². The van der Waals surface area contributed by atoms with Crippen molar-refractivity contribution in [3.8, 4) is 0 Å². The van der Waals surface area contributed by atoms with Gasteiger partial charge in [-0.1, -0.05) is 30.3 Å². The SMILES string of the molecule is CC(C)(C)OC(=O)CC[C@@H](NS(=O)(=O)Cc1ccccc1)C(=O)O. The zero-order valence-corrected chi connectivity index (χ0v) is 14.8. The molecule has 0 amide bonds. The van der Waals surface area contributed by atoms with E-state index in [0.717, 1.165) is 0 Å². The molecule has 0 unspecified atom stereocenters. The first-order valence-corrected chi connectivity index (χ1v) is 9.12. The van der Waals surface area contributed by atoms with Crippen molar-refractivity contribution in [1.29, 1.82) is 0 Å². The zero-order chi connectivity index (χ0) is 18.4. The quantitative estimate of drug-likeness (QED) is 0.685. The summed E-state index contributed by atoms with van der Waals surface area (Å²) in [5, 5.41) is 9.17. The summed E-state index contributed by atoms with van der Waals surface area (Å²) in [6, 6.07) is 7.03. The largest absolute Gasteiger partial charge is 0.480 e. The van der Waals surface area contributed by atoms with Gasteiger partial charge in [0.2, 0.25) is 10.0 Å². The number of esters is 1. The van der Waals surface area contributed by atoms with Crippen LogP contribution in [0.3, 0.4) is 0 Å². The summed E-state index contributed by atoms with van der Waals surface area (Å²) in [6.45, 7) is 5.09. The lowest BCUT2D eigenvalue weighted by atomic mass is 10.1. The number of carboxylic acid groups (broad SMARTS) is 1. The van der Waals surface area contributed by atoms with E-state index in [2.05, 4.69) is 4.72 Å². The predicted molar refractivity (Wildman–Crippen MR) is 88.7 cm³/mol. The van der Waals surface area contributed by atoms with Crippen LogP contribution >= 0.6 is 0 Å². The molecule has 0 fully saturated rings. The molecule has 0 aromatic heterocycles. The molecule has 0 spiro atoms. The van der Waals surface area contributed by atoms with Gasteiger partial charge in [0.25, 0.3) is 0 Å².